The molecule has 4 rings (SSSR count). The van der Waals surface area contributed by atoms with Crippen LogP contribution in [0.15, 0.2) is 36.4 Å². The summed E-state index contributed by atoms with van der Waals surface area (Å²) in [6.45, 7) is 1.37. The van der Waals surface area contributed by atoms with Gasteiger partial charge in [0, 0.05) is 30.8 Å². The van der Waals surface area contributed by atoms with E-state index >= 15 is 0 Å². The van der Waals surface area contributed by atoms with Crippen molar-refractivity contribution in [3.05, 3.63) is 63.2 Å². The van der Waals surface area contributed by atoms with Crippen LogP contribution in [-0.2, 0) is 32.0 Å². The molecular formula is C23H23N3O6. The lowest BCUT2D eigenvalue weighted by Gasteiger charge is -2.17. The molecule has 0 saturated carbocycles. The molecule has 166 valence electrons. The Kier molecular flexibility index (Phi) is 5.89. The first-order valence-electron chi connectivity index (χ1n) is 10.5. The molecule has 9 heteroatoms. The number of nitro groups is 1. The number of anilines is 2. The Morgan fingerprint density at radius 3 is 2.75 bits per heavy atom. The molecule has 9 nitrogen and oxygen atoms in total. The zero-order valence-corrected chi connectivity index (χ0v) is 17.6. The molecule has 1 aliphatic heterocycles. The first kappa shape index (κ1) is 21.5. The number of aryl methyl sites for hydroxylation is 3. The van der Waals surface area contributed by atoms with E-state index in [1.807, 2.05) is 18.2 Å². The lowest BCUT2D eigenvalue weighted by molar-refractivity contribution is -0.384. The third kappa shape index (κ3) is 4.46. The highest BCUT2D eigenvalue weighted by Crippen LogP contribution is 2.31. The minimum absolute atomic E-state index is 0.0293. The van der Waals surface area contributed by atoms with E-state index in [9.17, 15) is 24.5 Å². The highest BCUT2D eigenvalue weighted by molar-refractivity contribution is 6.00. The highest BCUT2D eigenvalue weighted by atomic mass is 16.6. The molecule has 1 saturated heterocycles. The topological polar surface area (TPSA) is 119 Å². The van der Waals surface area contributed by atoms with Gasteiger partial charge in [0.2, 0.25) is 5.91 Å². The fraction of sp³-hybridized carbons (Fsp3) is 0.348. The molecule has 2 aromatic rings. The Morgan fingerprint density at radius 1 is 1.19 bits per heavy atom. The SMILES string of the molecule is Cc1ccc([N+](=O)[O-])cc1NC(=O)COC(=O)C1CC(=O)N(c2ccc3c(c2)CCC3)C1. The van der Waals surface area contributed by atoms with Crippen molar-refractivity contribution in [2.45, 2.75) is 32.6 Å². The number of amides is 2. The third-order valence-electron chi connectivity index (χ3n) is 5.90. The standard InChI is InChI=1S/C23H23N3O6/c1-14-5-7-19(26(30)31)11-20(14)24-21(27)13-32-23(29)17-10-22(28)25(12-17)18-8-6-15-3-2-4-16(15)9-18/h5-9,11,17H,2-4,10,12-13H2,1H3,(H,24,27). The van der Waals surface area contributed by atoms with Gasteiger partial charge in [-0.2, -0.15) is 0 Å². The van der Waals surface area contributed by atoms with Crippen LogP contribution in [0.5, 0.6) is 0 Å². The number of esters is 1. The summed E-state index contributed by atoms with van der Waals surface area (Å²) in [5.41, 5.74) is 4.10. The fourth-order valence-corrected chi connectivity index (χ4v) is 4.14. The van der Waals surface area contributed by atoms with Crippen LogP contribution in [0.4, 0.5) is 17.1 Å². The zero-order valence-electron chi connectivity index (χ0n) is 17.6. The van der Waals surface area contributed by atoms with E-state index in [4.69, 9.17) is 4.74 Å². The lowest BCUT2D eigenvalue weighted by Crippen LogP contribution is -2.28. The number of ether oxygens (including phenoxy) is 1. The van der Waals surface area contributed by atoms with Gasteiger partial charge in [-0.25, -0.2) is 0 Å². The summed E-state index contributed by atoms with van der Waals surface area (Å²) >= 11 is 0. The molecule has 1 atom stereocenters. The van der Waals surface area contributed by atoms with Crippen molar-refractivity contribution in [1.29, 1.82) is 0 Å². The van der Waals surface area contributed by atoms with E-state index in [1.54, 1.807) is 11.8 Å². The monoisotopic (exact) mass is 437 g/mol. The summed E-state index contributed by atoms with van der Waals surface area (Å²) in [5.74, 6) is -2.03. The summed E-state index contributed by atoms with van der Waals surface area (Å²) in [6, 6.07) is 10.1. The van der Waals surface area contributed by atoms with Crippen LogP contribution in [0.2, 0.25) is 0 Å². The van der Waals surface area contributed by atoms with Gasteiger partial charge < -0.3 is 15.0 Å². The fourth-order valence-electron chi connectivity index (χ4n) is 4.14. The van der Waals surface area contributed by atoms with Gasteiger partial charge in [0.05, 0.1) is 16.5 Å². The first-order chi connectivity index (χ1) is 15.3. The van der Waals surface area contributed by atoms with E-state index in [-0.39, 0.29) is 30.2 Å². The molecule has 1 unspecified atom stereocenters. The van der Waals surface area contributed by atoms with Crippen molar-refractivity contribution in [3.8, 4) is 0 Å². The van der Waals surface area contributed by atoms with Crippen LogP contribution in [0.1, 0.15) is 29.5 Å². The summed E-state index contributed by atoms with van der Waals surface area (Å²) in [5, 5.41) is 13.4. The van der Waals surface area contributed by atoms with Crippen LogP contribution >= 0.6 is 0 Å². The van der Waals surface area contributed by atoms with Gasteiger partial charge in [-0.15, -0.1) is 0 Å². The molecule has 2 aliphatic rings. The summed E-state index contributed by atoms with van der Waals surface area (Å²) in [7, 11) is 0. The molecule has 0 aromatic heterocycles. The van der Waals surface area contributed by atoms with Crippen molar-refractivity contribution in [2.24, 2.45) is 5.92 Å². The first-order valence-corrected chi connectivity index (χ1v) is 10.5. The van der Waals surface area contributed by atoms with Crippen molar-refractivity contribution in [1.82, 2.24) is 0 Å². The molecule has 0 spiro atoms. The van der Waals surface area contributed by atoms with Gasteiger partial charge >= 0.3 is 5.97 Å². The smallest absolute Gasteiger partial charge is 0.311 e. The highest BCUT2D eigenvalue weighted by Gasteiger charge is 2.36. The number of fused-ring (bicyclic) bond motifs is 1. The molecule has 1 fully saturated rings. The van der Waals surface area contributed by atoms with Gasteiger partial charge in [-0.1, -0.05) is 12.1 Å². The van der Waals surface area contributed by atoms with E-state index in [1.165, 1.54) is 29.3 Å². The number of nitro benzene ring substituents is 1. The Balaban J connectivity index is 1.33. The zero-order chi connectivity index (χ0) is 22.8. The van der Waals surface area contributed by atoms with Crippen molar-refractivity contribution < 1.29 is 24.0 Å². The number of hydrogen-bond donors (Lipinski definition) is 1. The average Bonchev–Trinajstić information content (AvgIpc) is 3.39. The van der Waals surface area contributed by atoms with E-state index in [0.29, 0.717) is 5.56 Å². The Hall–Kier alpha value is -3.75. The largest absolute Gasteiger partial charge is 0.455 e. The van der Waals surface area contributed by atoms with Crippen molar-refractivity contribution >= 4 is 34.8 Å². The molecule has 2 aromatic carbocycles. The molecule has 1 aliphatic carbocycles. The van der Waals surface area contributed by atoms with E-state index < -0.39 is 29.3 Å². The number of carbonyl (C=O) groups is 3. The van der Waals surface area contributed by atoms with E-state index in [0.717, 1.165) is 24.9 Å². The predicted octanol–water partition coefficient (Wildman–Crippen LogP) is 2.93. The quantitative estimate of drug-likeness (QED) is 0.422. The maximum Gasteiger partial charge on any atom is 0.311 e. The Morgan fingerprint density at radius 2 is 1.97 bits per heavy atom. The van der Waals surface area contributed by atoms with Gasteiger partial charge in [0.1, 0.15) is 0 Å². The van der Waals surface area contributed by atoms with Crippen LogP contribution in [0.3, 0.4) is 0 Å². The minimum atomic E-state index is -0.650. The lowest BCUT2D eigenvalue weighted by atomic mass is 10.1. The molecule has 0 bridgehead atoms. The number of hydrogen-bond acceptors (Lipinski definition) is 6. The number of non-ortho nitro benzene ring substituents is 1. The second-order valence-corrected chi connectivity index (χ2v) is 8.12. The number of carbonyl (C=O) groups excluding carboxylic acids is 3. The molecular weight excluding hydrogens is 414 g/mol. The van der Waals surface area contributed by atoms with Crippen LogP contribution in [0, 0.1) is 23.0 Å². The van der Waals surface area contributed by atoms with Crippen molar-refractivity contribution in [2.75, 3.05) is 23.4 Å². The average molecular weight is 437 g/mol. The molecule has 1 N–H and O–H groups in total. The maximum absolute atomic E-state index is 12.5. The molecule has 32 heavy (non-hydrogen) atoms. The summed E-state index contributed by atoms with van der Waals surface area (Å²) in [4.78, 5) is 49.1. The van der Waals surface area contributed by atoms with Gasteiger partial charge in [0.25, 0.3) is 11.6 Å². The van der Waals surface area contributed by atoms with Crippen LogP contribution in [0.25, 0.3) is 0 Å². The van der Waals surface area contributed by atoms with Crippen LogP contribution < -0.4 is 10.2 Å². The number of benzene rings is 2. The van der Waals surface area contributed by atoms with Crippen molar-refractivity contribution in [3.63, 3.8) is 0 Å². The van der Waals surface area contributed by atoms with Gasteiger partial charge in [-0.05, 0) is 55.0 Å². The molecule has 1 heterocycles. The number of nitrogens with zero attached hydrogens (tertiary/aromatic N) is 2. The summed E-state index contributed by atoms with van der Waals surface area (Å²) in [6.07, 6.45) is 3.19. The second-order valence-electron chi connectivity index (χ2n) is 8.12. The number of rotatable bonds is 6. The Bertz CT molecular complexity index is 1110. The normalized spacial score (nSPS) is 17.2. The maximum atomic E-state index is 12.5. The number of nitrogens with one attached hydrogen (secondary N) is 1. The third-order valence-corrected chi connectivity index (χ3v) is 5.90. The van der Waals surface area contributed by atoms with Gasteiger partial charge in [0.15, 0.2) is 6.61 Å². The second kappa shape index (κ2) is 8.78. The summed E-state index contributed by atoms with van der Waals surface area (Å²) < 4.78 is 5.12. The predicted molar refractivity (Wildman–Crippen MR) is 116 cm³/mol. The van der Waals surface area contributed by atoms with Gasteiger partial charge in [-0.3, -0.25) is 24.5 Å². The van der Waals surface area contributed by atoms with Crippen LogP contribution in [-0.4, -0.2) is 35.9 Å². The molecule has 2 amide bonds. The Labute approximate surface area is 184 Å². The van der Waals surface area contributed by atoms with E-state index in [2.05, 4.69) is 5.32 Å². The minimum Gasteiger partial charge on any atom is -0.455 e. The molecule has 0 radical (unpaired) electrons.